The van der Waals surface area contributed by atoms with Crippen LogP contribution in [0.2, 0.25) is 0 Å². The van der Waals surface area contributed by atoms with Gasteiger partial charge in [0.1, 0.15) is 24.3 Å². The highest BCUT2D eigenvalue weighted by Gasteiger charge is 2.22. The summed E-state index contributed by atoms with van der Waals surface area (Å²) < 4.78 is 31.8. The average Bonchev–Trinajstić information content (AvgIpc) is 2.59. The molecule has 1 unspecified atom stereocenters. The summed E-state index contributed by atoms with van der Waals surface area (Å²) >= 11 is 0. The second-order valence-corrected chi connectivity index (χ2v) is 6.29. The number of hydrogen-bond donors (Lipinski definition) is 1. The molecule has 0 spiro atoms. The van der Waals surface area contributed by atoms with Crippen molar-refractivity contribution in [2.75, 3.05) is 6.61 Å². The first-order valence-electron chi connectivity index (χ1n) is 8.89. The van der Waals surface area contributed by atoms with Gasteiger partial charge in [0.15, 0.2) is 0 Å². The normalized spacial score (nSPS) is 13.0. The summed E-state index contributed by atoms with van der Waals surface area (Å²) in [7, 11) is 0. The molecule has 1 amide bonds. The number of halogens is 2. The van der Waals surface area contributed by atoms with Crippen LogP contribution < -0.4 is 5.32 Å². The Morgan fingerprint density at radius 3 is 2.56 bits per heavy atom. The van der Waals surface area contributed by atoms with Gasteiger partial charge in [-0.2, -0.15) is 0 Å². The third-order valence-corrected chi connectivity index (χ3v) is 3.77. The van der Waals surface area contributed by atoms with Crippen LogP contribution >= 0.6 is 0 Å². The standard InChI is InChI=1S/C21H25F2NO3/c1-4-6-10-27-21(26)19(13-16-11-17(22)14-18(23)12-16)24-20(25)9-8-15(3)7-5-2/h1,8-9,11-12,14-15,19H,5-7,10,13H2,2-3H3,(H,24,25)/b9-8+/t15?,19-/m0/s1. The molecule has 0 saturated heterocycles. The highest BCUT2D eigenvalue weighted by atomic mass is 19.1. The van der Waals surface area contributed by atoms with Crippen molar-refractivity contribution in [2.24, 2.45) is 5.92 Å². The molecule has 0 saturated carbocycles. The molecular formula is C21H25F2NO3. The molecule has 0 aromatic heterocycles. The molecular weight excluding hydrogens is 352 g/mol. The second-order valence-electron chi connectivity index (χ2n) is 6.29. The highest BCUT2D eigenvalue weighted by molar-refractivity contribution is 5.91. The lowest BCUT2D eigenvalue weighted by Gasteiger charge is -2.17. The lowest BCUT2D eigenvalue weighted by molar-refractivity contribution is -0.147. The molecule has 1 N–H and O–H groups in total. The molecule has 27 heavy (non-hydrogen) atoms. The van der Waals surface area contributed by atoms with E-state index >= 15 is 0 Å². The van der Waals surface area contributed by atoms with Crippen LogP contribution in [0.25, 0.3) is 0 Å². The van der Waals surface area contributed by atoms with E-state index in [2.05, 4.69) is 11.2 Å². The fourth-order valence-corrected chi connectivity index (χ4v) is 2.49. The van der Waals surface area contributed by atoms with E-state index < -0.39 is 29.6 Å². The predicted octanol–water partition coefficient (Wildman–Crippen LogP) is 3.55. The van der Waals surface area contributed by atoms with E-state index in [1.165, 1.54) is 6.08 Å². The van der Waals surface area contributed by atoms with Crippen molar-refractivity contribution in [1.82, 2.24) is 5.32 Å². The van der Waals surface area contributed by atoms with Gasteiger partial charge in [0.2, 0.25) is 5.91 Å². The van der Waals surface area contributed by atoms with Gasteiger partial charge in [0.25, 0.3) is 0 Å². The molecule has 146 valence electrons. The quantitative estimate of drug-likeness (QED) is 0.294. The summed E-state index contributed by atoms with van der Waals surface area (Å²) in [5.74, 6) is -0.150. The number of amides is 1. The number of rotatable bonds is 10. The molecule has 1 aromatic carbocycles. The number of benzene rings is 1. The first-order valence-corrected chi connectivity index (χ1v) is 8.89. The number of terminal acetylenes is 1. The van der Waals surface area contributed by atoms with Gasteiger partial charge in [0.05, 0.1) is 0 Å². The van der Waals surface area contributed by atoms with Crippen molar-refractivity contribution in [2.45, 2.75) is 45.6 Å². The summed E-state index contributed by atoms with van der Waals surface area (Å²) in [6.45, 7) is 4.03. The molecule has 0 heterocycles. The summed E-state index contributed by atoms with van der Waals surface area (Å²) in [5.41, 5.74) is 0.232. The van der Waals surface area contributed by atoms with Gasteiger partial charge in [-0.3, -0.25) is 4.79 Å². The number of allylic oxidation sites excluding steroid dienone is 1. The van der Waals surface area contributed by atoms with Crippen molar-refractivity contribution in [3.05, 3.63) is 47.5 Å². The fraction of sp³-hybridized carbons (Fsp3) is 0.429. The maximum Gasteiger partial charge on any atom is 0.329 e. The highest BCUT2D eigenvalue weighted by Crippen LogP contribution is 2.11. The summed E-state index contributed by atoms with van der Waals surface area (Å²) in [5, 5.41) is 2.53. The van der Waals surface area contributed by atoms with Crippen LogP contribution in [0.5, 0.6) is 0 Å². The summed E-state index contributed by atoms with van der Waals surface area (Å²) in [6.07, 6.45) is 10.3. The van der Waals surface area contributed by atoms with Gasteiger partial charge >= 0.3 is 5.97 Å². The Balaban J connectivity index is 2.85. The van der Waals surface area contributed by atoms with Gasteiger partial charge in [-0.1, -0.05) is 26.3 Å². The number of nitrogens with one attached hydrogen (secondary N) is 1. The van der Waals surface area contributed by atoms with E-state index in [1.54, 1.807) is 6.08 Å². The second kappa shape index (κ2) is 11.8. The molecule has 0 fully saturated rings. The van der Waals surface area contributed by atoms with Gasteiger partial charge < -0.3 is 10.1 Å². The van der Waals surface area contributed by atoms with E-state index in [1.807, 2.05) is 13.8 Å². The van der Waals surface area contributed by atoms with Gasteiger partial charge in [0, 0.05) is 18.9 Å². The zero-order chi connectivity index (χ0) is 20.2. The van der Waals surface area contributed by atoms with E-state index in [-0.39, 0.29) is 30.9 Å². The van der Waals surface area contributed by atoms with Crippen molar-refractivity contribution < 1.29 is 23.1 Å². The molecule has 0 radical (unpaired) electrons. The first kappa shape index (κ1) is 22.4. The van der Waals surface area contributed by atoms with Crippen LogP contribution in [-0.2, 0) is 20.7 Å². The van der Waals surface area contributed by atoms with E-state index in [4.69, 9.17) is 11.2 Å². The van der Waals surface area contributed by atoms with Gasteiger partial charge in [-0.25, -0.2) is 13.6 Å². The van der Waals surface area contributed by atoms with Gasteiger partial charge in [-0.05, 0) is 36.1 Å². The predicted molar refractivity (Wildman–Crippen MR) is 99.6 cm³/mol. The zero-order valence-corrected chi connectivity index (χ0v) is 15.6. The van der Waals surface area contributed by atoms with Crippen molar-refractivity contribution in [1.29, 1.82) is 0 Å². The SMILES string of the molecule is C#CCCOC(=O)[C@H](Cc1cc(F)cc(F)c1)NC(=O)/C=C/C(C)CCC. The number of hydrogen-bond acceptors (Lipinski definition) is 3. The summed E-state index contributed by atoms with van der Waals surface area (Å²) in [6, 6.07) is 1.87. The monoisotopic (exact) mass is 377 g/mol. The zero-order valence-electron chi connectivity index (χ0n) is 15.6. The number of carbonyl (C=O) groups excluding carboxylic acids is 2. The van der Waals surface area contributed by atoms with Crippen LogP contribution in [0.15, 0.2) is 30.4 Å². The van der Waals surface area contributed by atoms with Crippen molar-refractivity contribution in [3.63, 3.8) is 0 Å². The lowest BCUT2D eigenvalue weighted by atomic mass is 10.0. The fourth-order valence-electron chi connectivity index (χ4n) is 2.49. The average molecular weight is 377 g/mol. The Morgan fingerprint density at radius 1 is 1.30 bits per heavy atom. The third kappa shape index (κ3) is 9.00. The maximum atomic E-state index is 13.4. The molecule has 0 aliphatic rings. The smallest absolute Gasteiger partial charge is 0.329 e. The Morgan fingerprint density at radius 2 is 1.96 bits per heavy atom. The van der Waals surface area contributed by atoms with Crippen molar-refractivity contribution in [3.8, 4) is 12.3 Å². The summed E-state index contributed by atoms with van der Waals surface area (Å²) in [4.78, 5) is 24.4. The minimum atomic E-state index is -1.08. The van der Waals surface area contributed by atoms with Gasteiger partial charge in [-0.15, -0.1) is 12.3 Å². The maximum absolute atomic E-state index is 13.4. The molecule has 2 atom stereocenters. The van der Waals surface area contributed by atoms with E-state index in [9.17, 15) is 18.4 Å². The minimum Gasteiger partial charge on any atom is -0.463 e. The minimum absolute atomic E-state index is 0.00257. The molecule has 0 aliphatic heterocycles. The van der Waals surface area contributed by atoms with Crippen LogP contribution in [0.3, 0.4) is 0 Å². The number of esters is 1. The molecule has 1 aromatic rings. The van der Waals surface area contributed by atoms with Crippen LogP contribution in [0, 0.1) is 29.9 Å². The Hall–Kier alpha value is -2.68. The Kier molecular flexibility index (Phi) is 9.81. The molecule has 0 aliphatic carbocycles. The molecule has 4 nitrogen and oxygen atoms in total. The van der Waals surface area contributed by atoms with Crippen LogP contribution in [-0.4, -0.2) is 24.5 Å². The van der Waals surface area contributed by atoms with Crippen LogP contribution in [0.1, 0.15) is 38.7 Å². The lowest BCUT2D eigenvalue weighted by Crippen LogP contribution is -2.43. The number of ether oxygens (including phenoxy) is 1. The van der Waals surface area contributed by atoms with E-state index in [0.717, 1.165) is 31.0 Å². The molecule has 0 bridgehead atoms. The topological polar surface area (TPSA) is 55.4 Å². The van der Waals surface area contributed by atoms with Crippen molar-refractivity contribution >= 4 is 11.9 Å². The largest absolute Gasteiger partial charge is 0.463 e. The Bertz CT molecular complexity index is 690. The number of carbonyl (C=O) groups is 2. The Labute approximate surface area is 159 Å². The molecule has 6 heteroatoms. The molecule has 1 rings (SSSR count). The van der Waals surface area contributed by atoms with E-state index in [0.29, 0.717) is 0 Å². The third-order valence-electron chi connectivity index (χ3n) is 3.77. The van der Waals surface area contributed by atoms with Crippen LogP contribution in [0.4, 0.5) is 8.78 Å². The first-order chi connectivity index (χ1) is 12.8.